The molecule has 62 valence electrons. The number of carbonyl (C=O) groups excluding carboxylic acids is 1. The van der Waals surface area contributed by atoms with Gasteiger partial charge in [0.25, 0.3) is 0 Å². The Morgan fingerprint density at radius 1 is 1.42 bits per heavy atom. The molecule has 0 heterocycles. The molecule has 0 bridgehead atoms. The zero-order valence-corrected chi connectivity index (χ0v) is 6.91. The van der Waals surface area contributed by atoms with E-state index in [1.807, 2.05) is 12.1 Å². The minimum atomic E-state index is -0.271. The standard InChI is InChI=1S/C8H10BNO2/c9-8(11)12-5-6-1-3-7(10)4-2-6/h1-4H,5,9-10H2. The van der Waals surface area contributed by atoms with Crippen molar-refractivity contribution in [1.29, 1.82) is 0 Å². The first kappa shape index (κ1) is 8.65. The summed E-state index contributed by atoms with van der Waals surface area (Å²) >= 11 is 0. The Morgan fingerprint density at radius 2 is 2.00 bits per heavy atom. The summed E-state index contributed by atoms with van der Waals surface area (Å²) in [7, 11) is 1.39. The molecule has 0 aliphatic rings. The fraction of sp³-hybridized carbons (Fsp3) is 0.125. The number of nitrogen functional groups attached to an aromatic ring is 1. The van der Waals surface area contributed by atoms with Crippen molar-refractivity contribution in [3.05, 3.63) is 29.8 Å². The number of benzene rings is 1. The number of anilines is 1. The lowest BCUT2D eigenvalue weighted by molar-refractivity contribution is 0.167. The van der Waals surface area contributed by atoms with E-state index in [9.17, 15) is 4.79 Å². The SMILES string of the molecule is BC(=O)OCc1ccc(N)cc1. The molecule has 0 spiro atoms. The first-order valence-corrected chi connectivity index (χ1v) is 3.66. The molecule has 0 amide bonds. The predicted octanol–water partition coefficient (Wildman–Crippen LogP) is 0.539. The second kappa shape index (κ2) is 3.81. The molecule has 0 saturated carbocycles. The summed E-state index contributed by atoms with van der Waals surface area (Å²) in [5.41, 5.74) is 7.13. The van der Waals surface area contributed by atoms with E-state index in [4.69, 9.17) is 10.5 Å². The van der Waals surface area contributed by atoms with E-state index in [0.29, 0.717) is 12.3 Å². The van der Waals surface area contributed by atoms with Crippen molar-refractivity contribution in [3.63, 3.8) is 0 Å². The van der Waals surface area contributed by atoms with Crippen LogP contribution < -0.4 is 5.73 Å². The molecule has 1 aromatic carbocycles. The maximum atomic E-state index is 10.4. The Kier molecular flexibility index (Phi) is 2.74. The Hall–Kier alpha value is -1.45. The van der Waals surface area contributed by atoms with Crippen molar-refractivity contribution in [2.45, 2.75) is 6.61 Å². The van der Waals surface area contributed by atoms with Crippen molar-refractivity contribution >= 4 is 19.4 Å². The summed E-state index contributed by atoms with van der Waals surface area (Å²) in [6.07, 6.45) is 0. The molecule has 0 atom stereocenters. The van der Waals surface area contributed by atoms with Crippen LogP contribution in [-0.4, -0.2) is 13.7 Å². The first-order chi connectivity index (χ1) is 5.68. The van der Waals surface area contributed by atoms with Crippen LogP contribution in [0.3, 0.4) is 0 Å². The van der Waals surface area contributed by atoms with Gasteiger partial charge >= 0.3 is 0 Å². The summed E-state index contributed by atoms with van der Waals surface area (Å²) in [6, 6.07) is 7.22. The Morgan fingerprint density at radius 3 is 2.50 bits per heavy atom. The summed E-state index contributed by atoms with van der Waals surface area (Å²) < 4.78 is 4.79. The summed E-state index contributed by atoms with van der Waals surface area (Å²) in [5.74, 6) is -0.271. The van der Waals surface area contributed by atoms with Crippen LogP contribution in [0.5, 0.6) is 0 Å². The van der Waals surface area contributed by atoms with Gasteiger partial charge in [0.15, 0.2) is 0 Å². The van der Waals surface area contributed by atoms with Gasteiger partial charge in [-0.1, -0.05) is 12.1 Å². The highest BCUT2D eigenvalue weighted by molar-refractivity contribution is 6.55. The molecule has 2 N–H and O–H groups in total. The van der Waals surface area contributed by atoms with Crippen molar-refractivity contribution in [2.75, 3.05) is 5.73 Å². The van der Waals surface area contributed by atoms with Crippen molar-refractivity contribution in [1.82, 2.24) is 0 Å². The molecule has 4 heteroatoms. The Bertz CT molecular complexity index is 271. The van der Waals surface area contributed by atoms with Gasteiger partial charge in [-0.25, -0.2) is 0 Å². The molecule has 0 aliphatic heterocycles. The molecule has 0 aromatic heterocycles. The van der Waals surface area contributed by atoms with Gasteiger partial charge in [0, 0.05) is 5.69 Å². The zero-order chi connectivity index (χ0) is 8.97. The van der Waals surface area contributed by atoms with E-state index in [-0.39, 0.29) is 5.87 Å². The summed E-state index contributed by atoms with van der Waals surface area (Å²) in [4.78, 5) is 10.4. The lowest BCUT2D eigenvalue weighted by Gasteiger charge is -2.01. The van der Waals surface area contributed by atoms with Gasteiger partial charge < -0.3 is 10.5 Å². The fourth-order valence-corrected chi connectivity index (χ4v) is 0.799. The van der Waals surface area contributed by atoms with Gasteiger partial charge in [0.1, 0.15) is 6.61 Å². The highest BCUT2D eigenvalue weighted by Crippen LogP contribution is 2.06. The van der Waals surface area contributed by atoms with Crippen LogP contribution in [0.4, 0.5) is 10.5 Å². The first-order valence-electron chi connectivity index (χ1n) is 3.66. The molecule has 0 aliphatic carbocycles. The van der Waals surface area contributed by atoms with E-state index in [0.717, 1.165) is 5.56 Å². The average Bonchev–Trinajstić information content (AvgIpc) is 2.03. The van der Waals surface area contributed by atoms with E-state index in [1.165, 1.54) is 7.85 Å². The highest BCUT2D eigenvalue weighted by Gasteiger charge is 1.94. The minimum Gasteiger partial charge on any atom is -0.469 e. The summed E-state index contributed by atoms with van der Waals surface area (Å²) in [5, 5.41) is 0. The maximum absolute atomic E-state index is 10.4. The lowest BCUT2D eigenvalue weighted by atomic mass is 10.2. The van der Waals surface area contributed by atoms with Crippen molar-refractivity contribution in [3.8, 4) is 0 Å². The molecule has 1 aromatic rings. The average molecular weight is 163 g/mol. The van der Waals surface area contributed by atoms with Gasteiger partial charge in [-0.15, -0.1) is 0 Å². The molecule has 12 heavy (non-hydrogen) atoms. The van der Waals surface area contributed by atoms with Gasteiger partial charge in [0.2, 0.25) is 13.7 Å². The number of carbonyl (C=O) groups is 1. The normalized spacial score (nSPS) is 9.33. The van der Waals surface area contributed by atoms with E-state index in [2.05, 4.69) is 0 Å². The molecule has 0 saturated heterocycles. The Balaban J connectivity index is 2.53. The smallest absolute Gasteiger partial charge is 0.243 e. The van der Waals surface area contributed by atoms with E-state index >= 15 is 0 Å². The van der Waals surface area contributed by atoms with Crippen LogP contribution >= 0.6 is 0 Å². The van der Waals surface area contributed by atoms with Crippen LogP contribution in [0.1, 0.15) is 5.56 Å². The molecule has 0 radical (unpaired) electrons. The van der Waals surface area contributed by atoms with Gasteiger partial charge in [-0.05, 0) is 17.7 Å². The van der Waals surface area contributed by atoms with Gasteiger partial charge in [-0.3, -0.25) is 4.79 Å². The molecule has 3 nitrogen and oxygen atoms in total. The van der Waals surface area contributed by atoms with Crippen LogP contribution in [-0.2, 0) is 11.3 Å². The number of ether oxygens (including phenoxy) is 1. The monoisotopic (exact) mass is 163 g/mol. The number of nitrogens with two attached hydrogens (primary N) is 1. The topological polar surface area (TPSA) is 52.3 Å². The summed E-state index contributed by atoms with van der Waals surface area (Å²) in [6.45, 7) is 0.315. The second-order valence-electron chi connectivity index (χ2n) is 2.52. The molecule has 0 unspecified atom stereocenters. The number of rotatable bonds is 2. The number of hydrogen-bond donors (Lipinski definition) is 1. The third kappa shape index (κ3) is 2.66. The van der Waals surface area contributed by atoms with Crippen LogP contribution in [0.15, 0.2) is 24.3 Å². The maximum Gasteiger partial charge on any atom is 0.243 e. The Labute approximate surface area is 71.9 Å². The van der Waals surface area contributed by atoms with Crippen LogP contribution in [0.2, 0.25) is 0 Å². The van der Waals surface area contributed by atoms with E-state index < -0.39 is 0 Å². The highest BCUT2D eigenvalue weighted by atomic mass is 16.5. The molecular weight excluding hydrogens is 153 g/mol. The van der Waals surface area contributed by atoms with Crippen LogP contribution in [0.25, 0.3) is 0 Å². The van der Waals surface area contributed by atoms with Gasteiger partial charge in [0.05, 0.1) is 0 Å². The molecular formula is C8H10BNO2. The van der Waals surface area contributed by atoms with Gasteiger partial charge in [-0.2, -0.15) is 0 Å². The lowest BCUT2D eigenvalue weighted by Crippen LogP contribution is -2.00. The minimum absolute atomic E-state index is 0.271. The third-order valence-electron chi connectivity index (χ3n) is 1.42. The fourth-order valence-electron chi connectivity index (χ4n) is 0.799. The number of hydrogen-bond acceptors (Lipinski definition) is 3. The second-order valence-corrected chi connectivity index (χ2v) is 2.52. The quantitative estimate of drug-likeness (QED) is 0.511. The molecule has 1 rings (SSSR count). The van der Waals surface area contributed by atoms with Crippen molar-refractivity contribution in [2.24, 2.45) is 0 Å². The molecule has 0 fully saturated rings. The third-order valence-corrected chi connectivity index (χ3v) is 1.42. The largest absolute Gasteiger partial charge is 0.469 e. The predicted molar refractivity (Wildman–Crippen MR) is 49.6 cm³/mol. The zero-order valence-electron chi connectivity index (χ0n) is 6.91. The van der Waals surface area contributed by atoms with E-state index in [1.54, 1.807) is 12.1 Å². The van der Waals surface area contributed by atoms with Crippen LogP contribution in [0, 0.1) is 0 Å². The van der Waals surface area contributed by atoms with Crippen molar-refractivity contribution < 1.29 is 9.53 Å².